The quantitative estimate of drug-likeness (QED) is 0.0643. The zero-order valence-electron chi connectivity index (χ0n) is 29.7. The van der Waals surface area contributed by atoms with Crippen molar-refractivity contribution in [3.63, 3.8) is 0 Å². The average Bonchev–Trinajstić information content (AvgIpc) is 3.49. The Labute approximate surface area is 289 Å². The molecule has 13 heteroatoms. The van der Waals surface area contributed by atoms with Crippen molar-refractivity contribution in [1.29, 1.82) is 0 Å². The molecule has 48 heavy (non-hydrogen) atoms. The van der Waals surface area contributed by atoms with Gasteiger partial charge >= 0.3 is 5.97 Å². The first-order chi connectivity index (χ1) is 23.7. The third-order valence-corrected chi connectivity index (χ3v) is 8.04. The summed E-state index contributed by atoms with van der Waals surface area (Å²) in [6.07, 6.45) is 12.2. The molecule has 1 saturated carbocycles. The molecule has 1 aliphatic carbocycles. The predicted octanol–water partition coefficient (Wildman–Crippen LogP) is 3.08. The Balaban J connectivity index is 2.41. The highest BCUT2D eigenvalue weighted by Crippen LogP contribution is 2.35. The number of aliphatic hydroxyl groups excluding tert-OH is 3. The second-order valence-electron chi connectivity index (χ2n) is 11.9. The molecule has 13 nitrogen and oxygen atoms in total. The first kappa shape index (κ1) is 45.1. The van der Waals surface area contributed by atoms with Gasteiger partial charge in [-0.2, -0.15) is 0 Å². The minimum atomic E-state index is -0.299. The van der Waals surface area contributed by atoms with Crippen molar-refractivity contribution in [1.82, 2.24) is 0 Å². The van der Waals surface area contributed by atoms with Crippen molar-refractivity contribution in [3.8, 4) is 0 Å². The topological polar surface area (TPSA) is 161 Å². The molecule has 0 bridgehead atoms. The largest absolute Gasteiger partial charge is 0.463 e. The summed E-state index contributed by atoms with van der Waals surface area (Å²) in [4.78, 5) is 12.0. The van der Waals surface area contributed by atoms with Crippen molar-refractivity contribution in [3.05, 3.63) is 0 Å². The number of carbonyl (C=O) groups excluding carboxylic acids is 1. The van der Waals surface area contributed by atoms with Crippen LogP contribution in [0.25, 0.3) is 0 Å². The zero-order chi connectivity index (χ0) is 34.8. The summed E-state index contributed by atoms with van der Waals surface area (Å²) in [6.45, 7) is 6.51. The zero-order valence-corrected chi connectivity index (χ0v) is 29.7. The summed E-state index contributed by atoms with van der Waals surface area (Å²) in [5, 5.41) is 26.9. The fourth-order valence-corrected chi connectivity index (χ4v) is 5.61. The number of aliphatic hydroxyl groups is 3. The molecule has 0 aromatic rings. The first-order valence-corrected chi connectivity index (χ1v) is 18.4. The van der Waals surface area contributed by atoms with E-state index in [1.807, 2.05) is 0 Å². The monoisotopic (exact) mass is 696 g/mol. The van der Waals surface area contributed by atoms with E-state index in [0.717, 1.165) is 25.7 Å². The molecule has 286 valence electrons. The smallest absolute Gasteiger partial charge is 0.305 e. The van der Waals surface area contributed by atoms with E-state index >= 15 is 0 Å². The van der Waals surface area contributed by atoms with E-state index in [2.05, 4.69) is 6.92 Å². The molecule has 0 aromatic heterocycles. The summed E-state index contributed by atoms with van der Waals surface area (Å²) in [7, 11) is 0. The summed E-state index contributed by atoms with van der Waals surface area (Å²) in [6, 6.07) is 0. The molecular weight excluding hydrogens is 628 g/mol. The molecule has 0 spiro atoms. The van der Waals surface area contributed by atoms with E-state index in [-0.39, 0.29) is 76.4 Å². The van der Waals surface area contributed by atoms with Gasteiger partial charge in [-0.25, -0.2) is 0 Å². The molecule has 0 saturated heterocycles. The number of rotatable bonds is 37. The van der Waals surface area contributed by atoms with Gasteiger partial charge in [-0.15, -0.1) is 0 Å². The maximum Gasteiger partial charge on any atom is 0.305 e. The Kier molecular flexibility index (Phi) is 32.4. The lowest BCUT2D eigenvalue weighted by Gasteiger charge is -2.31. The maximum atomic E-state index is 12.0. The van der Waals surface area contributed by atoms with Gasteiger partial charge in [0.2, 0.25) is 0 Å². The lowest BCUT2D eigenvalue weighted by Crippen LogP contribution is -2.41. The fraction of sp³-hybridized carbons (Fsp3) is 0.971. The molecule has 1 aliphatic rings. The molecule has 0 radical (unpaired) electrons. The number of unbranched alkanes of at least 4 members (excludes halogenated alkanes) is 8. The lowest BCUT2D eigenvalue weighted by molar-refractivity contribution is -0.145. The van der Waals surface area contributed by atoms with Crippen LogP contribution in [0.4, 0.5) is 0 Å². The molecule has 1 unspecified atom stereocenters. The molecule has 0 amide bonds. The van der Waals surface area contributed by atoms with Crippen LogP contribution in [0.1, 0.15) is 84.0 Å². The molecule has 0 aliphatic heterocycles. The number of carbonyl (C=O) groups is 1. The van der Waals surface area contributed by atoms with Gasteiger partial charge in [0, 0.05) is 12.3 Å². The number of ether oxygens (including phenoxy) is 9. The van der Waals surface area contributed by atoms with Crippen molar-refractivity contribution >= 4 is 5.97 Å². The van der Waals surface area contributed by atoms with Crippen LogP contribution in [0.5, 0.6) is 0 Å². The van der Waals surface area contributed by atoms with Crippen molar-refractivity contribution in [2.24, 2.45) is 5.92 Å². The van der Waals surface area contributed by atoms with E-state index in [0.29, 0.717) is 72.5 Å². The third kappa shape index (κ3) is 25.1. The van der Waals surface area contributed by atoms with E-state index in [9.17, 15) is 4.79 Å². The van der Waals surface area contributed by atoms with Gasteiger partial charge in [-0.3, -0.25) is 4.79 Å². The Morgan fingerprint density at radius 3 is 1.75 bits per heavy atom. The van der Waals surface area contributed by atoms with Gasteiger partial charge in [0.25, 0.3) is 0 Å². The molecule has 0 heterocycles. The Morgan fingerprint density at radius 2 is 1.10 bits per heavy atom. The molecule has 4 atom stereocenters. The van der Waals surface area contributed by atoms with Crippen LogP contribution in [-0.4, -0.2) is 152 Å². The fourth-order valence-electron chi connectivity index (χ4n) is 5.61. The molecule has 1 rings (SSSR count). The van der Waals surface area contributed by atoms with E-state index in [4.69, 9.17) is 58.0 Å². The van der Waals surface area contributed by atoms with Crippen molar-refractivity contribution in [2.45, 2.75) is 102 Å². The highest BCUT2D eigenvalue weighted by molar-refractivity contribution is 5.69. The van der Waals surface area contributed by atoms with Crippen LogP contribution in [0.15, 0.2) is 0 Å². The van der Waals surface area contributed by atoms with Gasteiger partial charge in [0.1, 0.15) is 6.61 Å². The summed E-state index contributed by atoms with van der Waals surface area (Å²) in [5.74, 6) is -0.191. The molecule has 3 N–H and O–H groups in total. The third-order valence-electron chi connectivity index (χ3n) is 8.04. The van der Waals surface area contributed by atoms with Gasteiger partial charge in [-0.05, 0) is 19.3 Å². The Bertz CT molecular complexity index is 687. The summed E-state index contributed by atoms with van der Waals surface area (Å²) < 4.78 is 51.6. The first-order valence-electron chi connectivity index (χ1n) is 18.4. The lowest BCUT2D eigenvalue weighted by atomic mass is 9.98. The second-order valence-corrected chi connectivity index (χ2v) is 11.9. The Morgan fingerprint density at radius 1 is 0.583 bits per heavy atom. The SMILES string of the molecule is CCCCCCCCCCCC(=O)OCCOCCOCC(OCCOCCO)[C@H]1CC[C@@H](OCCOCCO)[C@@H]1OCCOCCO. The molecule has 0 aromatic carbocycles. The summed E-state index contributed by atoms with van der Waals surface area (Å²) >= 11 is 0. The number of hydrogen-bond acceptors (Lipinski definition) is 13. The van der Waals surface area contributed by atoms with Gasteiger partial charge < -0.3 is 58.0 Å². The summed E-state index contributed by atoms with van der Waals surface area (Å²) in [5.41, 5.74) is 0. The van der Waals surface area contributed by atoms with Crippen LogP contribution in [0.3, 0.4) is 0 Å². The van der Waals surface area contributed by atoms with Gasteiger partial charge in [0.05, 0.1) is 124 Å². The van der Waals surface area contributed by atoms with Crippen LogP contribution >= 0.6 is 0 Å². The van der Waals surface area contributed by atoms with Crippen LogP contribution < -0.4 is 0 Å². The van der Waals surface area contributed by atoms with E-state index in [1.54, 1.807) is 0 Å². The Hall–Kier alpha value is -0.970. The predicted molar refractivity (Wildman–Crippen MR) is 180 cm³/mol. The van der Waals surface area contributed by atoms with Gasteiger partial charge in [0.15, 0.2) is 0 Å². The number of hydrogen-bond donors (Lipinski definition) is 3. The minimum absolute atomic E-state index is 0.0184. The highest BCUT2D eigenvalue weighted by atomic mass is 16.6. The average molecular weight is 697 g/mol. The maximum absolute atomic E-state index is 12.0. The van der Waals surface area contributed by atoms with Crippen LogP contribution in [0.2, 0.25) is 0 Å². The highest BCUT2D eigenvalue weighted by Gasteiger charge is 2.42. The minimum Gasteiger partial charge on any atom is -0.463 e. The standard InChI is InChI=1S/C35H68O13/c1-2-3-4-5-6-7-8-9-10-11-34(39)47-28-24-43-20-21-44-30-33(46-27-23-41-18-15-37)31-12-13-32(45-26-22-40-17-14-36)35(31)48-29-25-42-19-16-38/h31-33,35-38H,2-30H2,1H3/t31-,32-,33?,35-/m1/s1. The van der Waals surface area contributed by atoms with Crippen LogP contribution in [0, 0.1) is 5.92 Å². The van der Waals surface area contributed by atoms with Crippen LogP contribution in [-0.2, 0) is 47.4 Å². The molecule has 1 fully saturated rings. The van der Waals surface area contributed by atoms with Gasteiger partial charge in [-0.1, -0.05) is 58.3 Å². The molecular formula is C35H68O13. The van der Waals surface area contributed by atoms with E-state index < -0.39 is 0 Å². The number of esters is 1. The second kappa shape index (κ2) is 34.5. The van der Waals surface area contributed by atoms with Crippen molar-refractivity contribution in [2.75, 3.05) is 112 Å². The van der Waals surface area contributed by atoms with Crippen molar-refractivity contribution < 1.29 is 62.7 Å². The van der Waals surface area contributed by atoms with E-state index in [1.165, 1.54) is 44.9 Å². The normalized spacial score (nSPS) is 18.5.